The average Bonchev–Trinajstić information content (AvgIpc) is 3.19. The highest BCUT2D eigenvalue weighted by Crippen LogP contribution is 2.26. The van der Waals surface area contributed by atoms with E-state index in [0.717, 1.165) is 49.6 Å². The van der Waals surface area contributed by atoms with Crippen molar-refractivity contribution in [1.82, 2.24) is 15.5 Å². The molecule has 0 bridgehead atoms. The molecule has 1 saturated heterocycles. The lowest BCUT2D eigenvalue weighted by Gasteiger charge is -2.26. The maximum atomic E-state index is 12.7. The molecule has 2 aliphatic rings. The van der Waals surface area contributed by atoms with E-state index in [1.807, 2.05) is 17.0 Å². The zero-order valence-corrected chi connectivity index (χ0v) is 17.5. The van der Waals surface area contributed by atoms with Crippen molar-refractivity contribution in [2.45, 2.75) is 58.0 Å². The minimum absolute atomic E-state index is 0.251. The largest absolute Gasteiger partial charge is 0.497 e. The molecule has 0 aromatic heterocycles. The molecule has 1 atom stereocenters. The maximum Gasteiger partial charge on any atom is 0.225 e. The first-order valence-electron chi connectivity index (χ1n) is 10.5. The Morgan fingerprint density at radius 3 is 2.71 bits per heavy atom. The monoisotopic (exact) mass is 386 g/mol. The first-order valence-corrected chi connectivity index (χ1v) is 10.5. The molecule has 0 spiro atoms. The second kappa shape index (κ2) is 9.80. The lowest BCUT2D eigenvalue weighted by atomic mass is 9.88. The summed E-state index contributed by atoms with van der Waals surface area (Å²) in [5.74, 6) is 2.25. The normalized spacial score (nSPS) is 20.9. The molecule has 1 amide bonds. The van der Waals surface area contributed by atoms with Crippen LogP contribution in [-0.4, -0.2) is 50.1 Å². The Morgan fingerprint density at radius 2 is 2.00 bits per heavy atom. The van der Waals surface area contributed by atoms with E-state index < -0.39 is 0 Å². The van der Waals surface area contributed by atoms with E-state index in [1.165, 1.54) is 24.8 Å². The lowest BCUT2D eigenvalue weighted by molar-refractivity contribution is -0.135. The lowest BCUT2D eigenvalue weighted by Crippen LogP contribution is -2.45. The molecule has 6 nitrogen and oxygen atoms in total. The van der Waals surface area contributed by atoms with Crippen molar-refractivity contribution < 1.29 is 9.53 Å². The van der Waals surface area contributed by atoms with Crippen LogP contribution in [-0.2, 0) is 11.3 Å². The van der Waals surface area contributed by atoms with Gasteiger partial charge in [-0.25, -0.2) is 0 Å². The van der Waals surface area contributed by atoms with Gasteiger partial charge in [-0.3, -0.25) is 9.79 Å². The average molecular weight is 387 g/mol. The molecule has 0 radical (unpaired) electrons. The molecule has 154 valence electrons. The van der Waals surface area contributed by atoms with Crippen molar-refractivity contribution in [2.75, 3.05) is 27.2 Å². The molecule has 1 aliphatic carbocycles. The van der Waals surface area contributed by atoms with Crippen molar-refractivity contribution in [3.8, 4) is 5.75 Å². The number of hydrogen-bond donors (Lipinski definition) is 2. The molecule has 2 N–H and O–H groups in total. The van der Waals surface area contributed by atoms with E-state index in [1.54, 1.807) is 14.2 Å². The number of carbonyl (C=O) groups is 1. The van der Waals surface area contributed by atoms with Crippen LogP contribution in [0, 0.1) is 12.8 Å². The Labute approximate surface area is 168 Å². The van der Waals surface area contributed by atoms with Gasteiger partial charge in [0, 0.05) is 38.6 Å². The minimum Gasteiger partial charge on any atom is -0.497 e. The Morgan fingerprint density at radius 1 is 1.21 bits per heavy atom. The van der Waals surface area contributed by atoms with Crippen LogP contribution in [0.3, 0.4) is 0 Å². The summed E-state index contributed by atoms with van der Waals surface area (Å²) < 4.78 is 5.35. The van der Waals surface area contributed by atoms with Crippen molar-refractivity contribution >= 4 is 11.9 Å². The molecular weight excluding hydrogens is 352 g/mol. The van der Waals surface area contributed by atoms with Gasteiger partial charge in [0.2, 0.25) is 5.91 Å². The number of aryl methyl sites for hydroxylation is 1. The molecule has 1 aromatic carbocycles. The Bertz CT molecular complexity index is 698. The predicted octanol–water partition coefficient (Wildman–Crippen LogP) is 2.85. The van der Waals surface area contributed by atoms with E-state index >= 15 is 0 Å². The number of methoxy groups -OCH3 is 1. The number of nitrogens with zero attached hydrogens (tertiary/aromatic N) is 2. The van der Waals surface area contributed by atoms with Gasteiger partial charge < -0.3 is 20.3 Å². The SMILES string of the molecule is CN=C(NCc1cc(C)cc(OC)c1)NC1CCN(C(=O)C2CCCCC2)C1. The third-order valence-corrected chi connectivity index (χ3v) is 5.83. The number of aliphatic imine (C=N–C) groups is 1. The number of ether oxygens (including phenoxy) is 1. The van der Waals surface area contributed by atoms with Gasteiger partial charge >= 0.3 is 0 Å². The number of guanidine groups is 1. The second-order valence-electron chi connectivity index (χ2n) is 8.03. The van der Waals surface area contributed by atoms with Crippen LogP contribution < -0.4 is 15.4 Å². The van der Waals surface area contributed by atoms with Crippen LogP contribution in [0.1, 0.15) is 49.7 Å². The van der Waals surface area contributed by atoms with Gasteiger partial charge in [-0.2, -0.15) is 0 Å². The summed E-state index contributed by atoms with van der Waals surface area (Å²) in [4.78, 5) is 19.1. The molecule has 1 heterocycles. The molecule has 2 fully saturated rings. The van der Waals surface area contributed by atoms with E-state index in [-0.39, 0.29) is 12.0 Å². The topological polar surface area (TPSA) is 66.0 Å². The quantitative estimate of drug-likeness (QED) is 0.603. The Hall–Kier alpha value is -2.24. The molecular formula is C22H34N4O2. The number of nitrogens with one attached hydrogen (secondary N) is 2. The Kier molecular flexibility index (Phi) is 7.18. The molecule has 1 aromatic rings. The summed E-state index contributed by atoms with van der Waals surface area (Å²) in [6.45, 7) is 4.36. The second-order valence-corrected chi connectivity index (χ2v) is 8.03. The number of amides is 1. The van der Waals surface area contributed by atoms with Gasteiger partial charge in [0.1, 0.15) is 5.75 Å². The van der Waals surface area contributed by atoms with Gasteiger partial charge in [0.15, 0.2) is 5.96 Å². The third kappa shape index (κ3) is 5.40. The molecule has 1 unspecified atom stereocenters. The Balaban J connectivity index is 1.48. The molecule has 28 heavy (non-hydrogen) atoms. The zero-order chi connectivity index (χ0) is 19.9. The highest BCUT2D eigenvalue weighted by atomic mass is 16.5. The number of benzene rings is 1. The summed E-state index contributed by atoms with van der Waals surface area (Å²) >= 11 is 0. The fraction of sp³-hybridized carbons (Fsp3) is 0.636. The fourth-order valence-corrected chi connectivity index (χ4v) is 4.30. The standard InChI is InChI=1S/C22H34N4O2/c1-16-11-17(13-20(12-16)28-3)14-24-22(23-2)25-19-9-10-26(15-19)21(27)18-7-5-4-6-8-18/h11-13,18-19H,4-10,14-15H2,1-3H3,(H2,23,24,25). The van der Waals surface area contributed by atoms with Crippen molar-refractivity contribution in [3.05, 3.63) is 29.3 Å². The molecule has 1 saturated carbocycles. The summed E-state index contributed by atoms with van der Waals surface area (Å²) in [6.07, 6.45) is 6.78. The van der Waals surface area contributed by atoms with Crippen LogP contribution in [0.4, 0.5) is 0 Å². The zero-order valence-electron chi connectivity index (χ0n) is 17.5. The number of rotatable bonds is 5. The first kappa shape index (κ1) is 20.5. The minimum atomic E-state index is 0.251. The van der Waals surface area contributed by atoms with Crippen molar-refractivity contribution in [3.63, 3.8) is 0 Å². The third-order valence-electron chi connectivity index (χ3n) is 5.83. The van der Waals surface area contributed by atoms with E-state index in [0.29, 0.717) is 12.5 Å². The van der Waals surface area contributed by atoms with Crippen LogP contribution in [0.2, 0.25) is 0 Å². The van der Waals surface area contributed by atoms with Crippen molar-refractivity contribution in [1.29, 1.82) is 0 Å². The van der Waals surface area contributed by atoms with Gasteiger partial charge in [-0.1, -0.05) is 25.3 Å². The summed E-state index contributed by atoms with van der Waals surface area (Å²) in [5.41, 5.74) is 2.33. The maximum absolute atomic E-state index is 12.7. The molecule has 3 rings (SSSR count). The van der Waals surface area contributed by atoms with E-state index in [9.17, 15) is 4.79 Å². The van der Waals surface area contributed by atoms with E-state index in [4.69, 9.17) is 4.74 Å². The number of hydrogen-bond acceptors (Lipinski definition) is 3. The van der Waals surface area contributed by atoms with Crippen LogP contribution >= 0.6 is 0 Å². The first-order chi connectivity index (χ1) is 13.6. The number of likely N-dealkylation sites (tertiary alicyclic amines) is 1. The molecule has 6 heteroatoms. The van der Waals surface area contributed by atoms with Gasteiger partial charge in [-0.15, -0.1) is 0 Å². The van der Waals surface area contributed by atoms with Gasteiger partial charge in [0.25, 0.3) is 0 Å². The van der Waals surface area contributed by atoms with Gasteiger partial charge in [0.05, 0.1) is 7.11 Å². The summed E-state index contributed by atoms with van der Waals surface area (Å²) in [6, 6.07) is 6.45. The van der Waals surface area contributed by atoms with Crippen LogP contribution in [0.15, 0.2) is 23.2 Å². The fourth-order valence-electron chi connectivity index (χ4n) is 4.30. The van der Waals surface area contributed by atoms with Gasteiger partial charge in [-0.05, 0) is 49.4 Å². The van der Waals surface area contributed by atoms with Crippen LogP contribution in [0.5, 0.6) is 5.75 Å². The smallest absolute Gasteiger partial charge is 0.225 e. The highest BCUT2D eigenvalue weighted by Gasteiger charge is 2.31. The number of carbonyl (C=O) groups excluding carboxylic acids is 1. The predicted molar refractivity (Wildman–Crippen MR) is 113 cm³/mol. The highest BCUT2D eigenvalue weighted by molar-refractivity contribution is 5.81. The van der Waals surface area contributed by atoms with E-state index in [2.05, 4.69) is 28.6 Å². The summed E-state index contributed by atoms with van der Waals surface area (Å²) in [5, 5.41) is 6.86. The van der Waals surface area contributed by atoms with Crippen molar-refractivity contribution in [2.24, 2.45) is 10.9 Å². The summed E-state index contributed by atoms with van der Waals surface area (Å²) in [7, 11) is 3.47. The molecule has 1 aliphatic heterocycles. The van der Waals surface area contributed by atoms with Crippen LogP contribution in [0.25, 0.3) is 0 Å².